The first-order chi connectivity index (χ1) is 14.2. The number of carbonyl (C=O) groups excluding carboxylic acids is 3. The van der Waals surface area contributed by atoms with E-state index in [9.17, 15) is 14.4 Å². The van der Waals surface area contributed by atoms with E-state index in [1.807, 2.05) is 24.3 Å². The van der Waals surface area contributed by atoms with Crippen LogP contribution in [0.25, 0.3) is 0 Å². The second-order valence-electron chi connectivity index (χ2n) is 8.51. The molecule has 3 N–H and O–H groups in total. The molecule has 0 radical (unpaired) electrons. The molecule has 0 bridgehead atoms. The smallest absolute Gasteiger partial charge is 0.407 e. The first-order valence-corrected chi connectivity index (χ1v) is 10.5. The second-order valence-corrected chi connectivity index (χ2v) is 8.51. The summed E-state index contributed by atoms with van der Waals surface area (Å²) in [6.07, 6.45) is 7.94. The van der Waals surface area contributed by atoms with Crippen molar-refractivity contribution < 1.29 is 19.1 Å². The van der Waals surface area contributed by atoms with E-state index in [0.29, 0.717) is 18.2 Å². The predicted molar refractivity (Wildman–Crippen MR) is 117 cm³/mol. The van der Waals surface area contributed by atoms with Gasteiger partial charge in [0, 0.05) is 25.2 Å². The maximum absolute atomic E-state index is 12.2. The zero-order valence-electron chi connectivity index (χ0n) is 18.1. The minimum atomic E-state index is -0.581. The van der Waals surface area contributed by atoms with E-state index in [0.717, 1.165) is 18.4 Å². The van der Waals surface area contributed by atoms with E-state index < -0.39 is 11.7 Å². The molecule has 1 aromatic carbocycles. The highest BCUT2D eigenvalue weighted by Crippen LogP contribution is 2.25. The number of para-hydroxylation sites is 1. The van der Waals surface area contributed by atoms with Gasteiger partial charge in [0.15, 0.2) is 0 Å². The van der Waals surface area contributed by atoms with Gasteiger partial charge in [-0.15, -0.1) is 0 Å². The Morgan fingerprint density at radius 2 is 1.80 bits per heavy atom. The van der Waals surface area contributed by atoms with Crippen molar-refractivity contribution in [2.45, 2.75) is 65.0 Å². The lowest BCUT2D eigenvalue weighted by Crippen LogP contribution is -2.34. The molecule has 1 saturated carbocycles. The maximum Gasteiger partial charge on any atom is 0.407 e. The average Bonchev–Trinajstić information content (AvgIpc) is 3.18. The lowest BCUT2D eigenvalue weighted by Gasteiger charge is -2.19. The molecule has 1 aliphatic carbocycles. The summed E-state index contributed by atoms with van der Waals surface area (Å²) in [5, 5.41) is 8.26. The van der Waals surface area contributed by atoms with E-state index in [-0.39, 0.29) is 24.8 Å². The number of anilines is 1. The third-order valence-corrected chi connectivity index (χ3v) is 4.68. The number of alkyl carbamates (subject to hydrolysis) is 1. The van der Waals surface area contributed by atoms with Gasteiger partial charge in [-0.1, -0.05) is 37.1 Å². The van der Waals surface area contributed by atoms with Crippen LogP contribution in [0.4, 0.5) is 10.5 Å². The fourth-order valence-electron chi connectivity index (χ4n) is 3.22. The molecule has 0 heterocycles. The van der Waals surface area contributed by atoms with Crippen LogP contribution in [0.5, 0.6) is 0 Å². The van der Waals surface area contributed by atoms with E-state index in [4.69, 9.17) is 4.74 Å². The highest BCUT2D eigenvalue weighted by molar-refractivity contribution is 5.92. The van der Waals surface area contributed by atoms with Crippen molar-refractivity contribution in [3.05, 3.63) is 42.0 Å². The Bertz CT molecular complexity index is 762. The van der Waals surface area contributed by atoms with Crippen LogP contribution in [-0.2, 0) is 20.9 Å². The summed E-state index contributed by atoms with van der Waals surface area (Å²) < 4.78 is 5.14. The van der Waals surface area contributed by atoms with E-state index in [1.54, 1.807) is 32.9 Å². The van der Waals surface area contributed by atoms with Gasteiger partial charge in [0.2, 0.25) is 11.8 Å². The second kappa shape index (κ2) is 11.4. The zero-order valence-corrected chi connectivity index (χ0v) is 18.1. The summed E-state index contributed by atoms with van der Waals surface area (Å²) in [6, 6.07) is 7.32. The number of hydrogen-bond donors (Lipinski definition) is 3. The summed E-state index contributed by atoms with van der Waals surface area (Å²) in [4.78, 5) is 35.9. The highest BCUT2D eigenvalue weighted by atomic mass is 16.6. The van der Waals surface area contributed by atoms with Gasteiger partial charge in [0.25, 0.3) is 0 Å². The molecular weight excluding hydrogens is 382 g/mol. The number of benzene rings is 1. The third kappa shape index (κ3) is 9.11. The normalized spacial score (nSPS) is 14.5. The van der Waals surface area contributed by atoms with Crippen LogP contribution in [0.1, 0.15) is 58.4 Å². The number of ether oxygens (including phenoxy) is 1. The Hall–Kier alpha value is -2.83. The SMILES string of the molecule is CC(C)(C)OC(=O)NCCC(=O)Nc1ccccc1CNC(=O)/C=C/C1CCCC1. The van der Waals surface area contributed by atoms with E-state index in [1.165, 1.54) is 12.8 Å². The zero-order chi connectivity index (χ0) is 22.0. The number of allylic oxidation sites excluding steroid dienone is 1. The molecule has 1 fully saturated rings. The van der Waals surface area contributed by atoms with Crippen molar-refractivity contribution in [3.63, 3.8) is 0 Å². The Kier molecular flexibility index (Phi) is 8.89. The summed E-state index contributed by atoms with van der Waals surface area (Å²) >= 11 is 0. The fourth-order valence-corrected chi connectivity index (χ4v) is 3.22. The number of rotatable bonds is 8. The highest BCUT2D eigenvalue weighted by Gasteiger charge is 2.16. The standard InChI is InChI=1S/C23H33N3O4/c1-23(2,3)30-22(29)24-15-14-21(28)26-19-11-7-6-10-18(19)16-25-20(27)13-12-17-8-4-5-9-17/h6-7,10-13,17H,4-5,8-9,14-16H2,1-3H3,(H,24,29)(H,25,27)(H,26,28)/b13-12+. The molecular formula is C23H33N3O4. The summed E-state index contributed by atoms with van der Waals surface area (Å²) in [5.41, 5.74) is 0.871. The molecule has 1 aromatic rings. The van der Waals surface area contributed by atoms with Crippen LogP contribution >= 0.6 is 0 Å². The molecule has 0 aromatic heterocycles. The van der Waals surface area contributed by atoms with Gasteiger partial charge in [-0.2, -0.15) is 0 Å². The topological polar surface area (TPSA) is 96.5 Å². The van der Waals surface area contributed by atoms with Crippen LogP contribution in [0, 0.1) is 5.92 Å². The minimum absolute atomic E-state index is 0.115. The summed E-state index contributed by atoms with van der Waals surface area (Å²) in [5.74, 6) is 0.146. The van der Waals surface area contributed by atoms with Crippen molar-refractivity contribution >= 4 is 23.6 Å². The molecule has 0 unspecified atom stereocenters. The molecule has 30 heavy (non-hydrogen) atoms. The van der Waals surface area contributed by atoms with Crippen molar-refractivity contribution in [1.82, 2.24) is 10.6 Å². The Labute approximate surface area is 178 Å². The monoisotopic (exact) mass is 415 g/mol. The largest absolute Gasteiger partial charge is 0.444 e. The van der Waals surface area contributed by atoms with E-state index in [2.05, 4.69) is 16.0 Å². The quantitative estimate of drug-likeness (QED) is 0.561. The third-order valence-electron chi connectivity index (χ3n) is 4.68. The first-order valence-electron chi connectivity index (χ1n) is 10.5. The first kappa shape index (κ1) is 23.4. The van der Waals surface area contributed by atoms with Crippen LogP contribution in [0.3, 0.4) is 0 Å². The molecule has 164 valence electrons. The lowest BCUT2D eigenvalue weighted by atomic mass is 10.1. The molecule has 7 heteroatoms. The number of nitrogens with one attached hydrogen (secondary N) is 3. The van der Waals surface area contributed by atoms with Crippen LogP contribution in [0.2, 0.25) is 0 Å². The van der Waals surface area contributed by atoms with Crippen LogP contribution < -0.4 is 16.0 Å². The van der Waals surface area contributed by atoms with Gasteiger partial charge in [-0.05, 0) is 57.2 Å². The Morgan fingerprint density at radius 1 is 1.10 bits per heavy atom. The van der Waals surface area contributed by atoms with Gasteiger partial charge in [0.1, 0.15) is 5.60 Å². The Balaban J connectivity index is 1.77. The van der Waals surface area contributed by atoms with Crippen molar-refractivity contribution in [3.8, 4) is 0 Å². The lowest BCUT2D eigenvalue weighted by molar-refractivity contribution is -0.117. The van der Waals surface area contributed by atoms with Crippen molar-refractivity contribution in [2.24, 2.45) is 5.92 Å². The van der Waals surface area contributed by atoms with Crippen molar-refractivity contribution in [2.75, 3.05) is 11.9 Å². The summed E-state index contributed by atoms with van der Waals surface area (Å²) in [7, 11) is 0. The predicted octanol–water partition coefficient (Wildman–Crippen LogP) is 3.90. The maximum atomic E-state index is 12.2. The molecule has 0 saturated heterocycles. The molecule has 1 aliphatic rings. The molecule has 0 spiro atoms. The summed E-state index contributed by atoms with van der Waals surface area (Å²) in [6.45, 7) is 5.82. The molecule has 0 aliphatic heterocycles. The van der Waals surface area contributed by atoms with Gasteiger partial charge >= 0.3 is 6.09 Å². The molecule has 7 nitrogen and oxygen atoms in total. The molecule has 3 amide bonds. The van der Waals surface area contributed by atoms with Crippen LogP contribution in [0.15, 0.2) is 36.4 Å². The average molecular weight is 416 g/mol. The van der Waals surface area contributed by atoms with Crippen LogP contribution in [-0.4, -0.2) is 30.1 Å². The number of hydrogen-bond acceptors (Lipinski definition) is 4. The van der Waals surface area contributed by atoms with Gasteiger partial charge < -0.3 is 20.7 Å². The van der Waals surface area contributed by atoms with E-state index >= 15 is 0 Å². The number of carbonyl (C=O) groups is 3. The van der Waals surface area contributed by atoms with Gasteiger partial charge in [-0.3, -0.25) is 9.59 Å². The minimum Gasteiger partial charge on any atom is -0.444 e. The van der Waals surface area contributed by atoms with Crippen molar-refractivity contribution in [1.29, 1.82) is 0 Å². The van der Waals surface area contributed by atoms with Gasteiger partial charge in [0.05, 0.1) is 0 Å². The molecule has 2 rings (SSSR count). The Morgan fingerprint density at radius 3 is 2.50 bits per heavy atom. The fraction of sp³-hybridized carbons (Fsp3) is 0.522. The van der Waals surface area contributed by atoms with Gasteiger partial charge in [-0.25, -0.2) is 4.79 Å². The number of amides is 3. The molecule has 0 atom stereocenters.